The van der Waals surface area contributed by atoms with Crippen molar-refractivity contribution in [2.45, 2.75) is 44.3 Å². The molecule has 4 aliphatic rings. The lowest BCUT2D eigenvalue weighted by molar-refractivity contribution is -0.146. The van der Waals surface area contributed by atoms with Gasteiger partial charge in [-0.2, -0.15) is 0 Å². The zero-order chi connectivity index (χ0) is 21.5. The van der Waals surface area contributed by atoms with E-state index in [1.54, 1.807) is 30.2 Å². The molecule has 5 rings (SSSR count). The molecule has 166 valence electrons. The van der Waals surface area contributed by atoms with Crippen molar-refractivity contribution >= 4 is 17.7 Å². The topological polar surface area (TPSA) is 95.1 Å². The monoisotopic (exact) mass is 427 g/mol. The Morgan fingerprint density at radius 1 is 1.26 bits per heavy atom. The van der Waals surface area contributed by atoms with Crippen LogP contribution in [0, 0.1) is 5.92 Å². The summed E-state index contributed by atoms with van der Waals surface area (Å²) in [4.78, 5) is 48.8. The van der Waals surface area contributed by atoms with Gasteiger partial charge in [0.2, 0.25) is 17.7 Å². The van der Waals surface area contributed by atoms with Gasteiger partial charge in [-0.25, -0.2) is 4.98 Å². The molecule has 0 radical (unpaired) electrons. The van der Waals surface area contributed by atoms with Gasteiger partial charge in [0, 0.05) is 51.9 Å². The van der Waals surface area contributed by atoms with Gasteiger partial charge < -0.3 is 19.9 Å². The first-order chi connectivity index (χ1) is 15.0. The standard InChI is InChI=1S/C22H29N5O4/c1-14(28)25-7-8-27-17(12-25)13-31-21-18(3-2-6-23-21)20(29)24-16-9-19(22(27)30)26(11-16)10-15-4-5-15/h2-3,6,15-17,19H,4-5,7-13H2,1H3,(H,24,29)/t16-,17+,19+/m1/s1. The van der Waals surface area contributed by atoms with Gasteiger partial charge in [-0.05, 0) is 37.3 Å². The van der Waals surface area contributed by atoms with Crippen molar-refractivity contribution in [2.75, 3.05) is 39.3 Å². The Morgan fingerprint density at radius 3 is 2.87 bits per heavy atom. The van der Waals surface area contributed by atoms with E-state index in [9.17, 15) is 14.4 Å². The molecule has 9 heteroatoms. The summed E-state index contributed by atoms with van der Waals surface area (Å²) in [6.45, 7) is 4.75. The maximum absolute atomic E-state index is 13.7. The molecule has 3 fully saturated rings. The number of hydrogen-bond donors (Lipinski definition) is 1. The fraction of sp³-hybridized carbons (Fsp3) is 0.636. The smallest absolute Gasteiger partial charge is 0.257 e. The summed E-state index contributed by atoms with van der Waals surface area (Å²) in [5.74, 6) is 0.763. The molecule has 0 aromatic carbocycles. The Hall–Kier alpha value is -2.68. The second kappa shape index (κ2) is 8.11. The van der Waals surface area contributed by atoms with Crippen molar-refractivity contribution in [3.05, 3.63) is 23.9 Å². The molecule has 1 N–H and O–H groups in total. The fourth-order valence-electron chi connectivity index (χ4n) is 4.98. The Kier molecular flexibility index (Phi) is 5.29. The highest BCUT2D eigenvalue weighted by Crippen LogP contribution is 2.33. The summed E-state index contributed by atoms with van der Waals surface area (Å²) in [6, 6.07) is 2.82. The van der Waals surface area contributed by atoms with Gasteiger partial charge in [0.25, 0.3) is 5.91 Å². The molecule has 1 aliphatic carbocycles. The normalized spacial score (nSPS) is 29.3. The van der Waals surface area contributed by atoms with E-state index in [1.165, 1.54) is 12.8 Å². The number of nitrogens with one attached hydrogen (secondary N) is 1. The van der Waals surface area contributed by atoms with Crippen LogP contribution in [-0.4, -0.2) is 94.9 Å². The van der Waals surface area contributed by atoms with Crippen molar-refractivity contribution in [2.24, 2.45) is 5.92 Å². The van der Waals surface area contributed by atoms with Crippen molar-refractivity contribution < 1.29 is 19.1 Å². The molecule has 0 spiro atoms. The highest BCUT2D eigenvalue weighted by Gasteiger charge is 2.44. The van der Waals surface area contributed by atoms with E-state index in [-0.39, 0.29) is 48.3 Å². The Bertz CT molecular complexity index is 888. The zero-order valence-corrected chi connectivity index (χ0v) is 17.8. The second-order valence-corrected chi connectivity index (χ2v) is 9.14. The van der Waals surface area contributed by atoms with Crippen LogP contribution < -0.4 is 10.1 Å². The summed E-state index contributed by atoms with van der Waals surface area (Å²) in [6.07, 6.45) is 4.61. The number of ether oxygens (including phenoxy) is 1. The van der Waals surface area contributed by atoms with Crippen LogP contribution >= 0.6 is 0 Å². The fourth-order valence-corrected chi connectivity index (χ4v) is 4.98. The van der Waals surface area contributed by atoms with Gasteiger partial charge in [-0.15, -0.1) is 0 Å². The first-order valence-electron chi connectivity index (χ1n) is 11.2. The lowest BCUT2D eigenvalue weighted by atomic mass is 10.1. The van der Waals surface area contributed by atoms with Gasteiger partial charge in [-0.3, -0.25) is 19.3 Å². The Morgan fingerprint density at radius 2 is 2.10 bits per heavy atom. The summed E-state index contributed by atoms with van der Waals surface area (Å²) < 4.78 is 5.95. The molecule has 2 saturated heterocycles. The number of fused-ring (bicyclic) bond motifs is 4. The van der Waals surface area contributed by atoms with Gasteiger partial charge in [0.05, 0.1) is 12.1 Å². The van der Waals surface area contributed by atoms with E-state index in [1.807, 2.05) is 4.90 Å². The largest absolute Gasteiger partial charge is 0.475 e. The number of rotatable bonds is 2. The molecule has 3 aliphatic heterocycles. The minimum Gasteiger partial charge on any atom is -0.475 e. The molecule has 1 aromatic rings. The first-order valence-corrected chi connectivity index (χ1v) is 11.2. The lowest BCUT2D eigenvalue weighted by Gasteiger charge is -2.42. The predicted octanol–water partition coefficient (Wildman–Crippen LogP) is 0.116. The number of carbonyl (C=O) groups excluding carboxylic acids is 3. The van der Waals surface area contributed by atoms with Crippen LogP contribution in [0.2, 0.25) is 0 Å². The third-order valence-corrected chi connectivity index (χ3v) is 6.85. The number of carbonyl (C=O) groups is 3. The van der Waals surface area contributed by atoms with Crippen LogP contribution in [0.25, 0.3) is 0 Å². The van der Waals surface area contributed by atoms with E-state index >= 15 is 0 Å². The molecule has 1 aromatic heterocycles. The van der Waals surface area contributed by atoms with E-state index in [2.05, 4.69) is 15.2 Å². The molecule has 2 bridgehead atoms. The van der Waals surface area contributed by atoms with Crippen molar-refractivity contribution in [1.29, 1.82) is 0 Å². The van der Waals surface area contributed by atoms with Crippen LogP contribution in [0.5, 0.6) is 5.88 Å². The van der Waals surface area contributed by atoms with Gasteiger partial charge in [0.15, 0.2) is 0 Å². The average molecular weight is 428 g/mol. The number of pyridine rings is 1. The molecule has 3 atom stereocenters. The molecule has 1 saturated carbocycles. The van der Waals surface area contributed by atoms with Crippen molar-refractivity contribution in [3.8, 4) is 5.88 Å². The van der Waals surface area contributed by atoms with Gasteiger partial charge in [0.1, 0.15) is 12.2 Å². The highest BCUT2D eigenvalue weighted by atomic mass is 16.5. The van der Waals surface area contributed by atoms with E-state index in [0.717, 1.165) is 6.54 Å². The first kappa shape index (κ1) is 20.2. The number of hydrogen-bond acceptors (Lipinski definition) is 6. The highest BCUT2D eigenvalue weighted by molar-refractivity contribution is 5.96. The summed E-state index contributed by atoms with van der Waals surface area (Å²) in [5.41, 5.74) is 0.400. The number of aromatic nitrogens is 1. The maximum atomic E-state index is 13.7. The quantitative estimate of drug-likeness (QED) is 0.720. The van der Waals surface area contributed by atoms with Crippen LogP contribution in [-0.2, 0) is 9.59 Å². The number of likely N-dealkylation sites (tertiary alicyclic amines) is 1. The second-order valence-electron chi connectivity index (χ2n) is 9.14. The SMILES string of the molecule is CC(=O)N1CCN2C(=O)[C@@H]3C[C@H](CN3CC3CC3)NC(=O)c3cccnc3OC[C@@H]2C1. The zero-order valence-electron chi connectivity index (χ0n) is 17.8. The Balaban J connectivity index is 1.47. The molecule has 3 amide bonds. The summed E-state index contributed by atoms with van der Waals surface area (Å²) in [7, 11) is 0. The molecule has 9 nitrogen and oxygen atoms in total. The van der Waals surface area contributed by atoms with Crippen LogP contribution in [0.1, 0.15) is 36.5 Å². The molecule has 4 heterocycles. The van der Waals surface area contributed by atoms with Gasteiger partial charge in [-0.1, -0.05) is 0 Å². The minimum atomic E-state index is -0.274. The lowest BCUT2D eigenvalue weighted by Crippen LogP contribution is -2.61. The van der Waals surface area contributed by atoms with Crippen molar-refractivity contribution in [3.63, 3.8) is 0 Å². The van der Waals surface area contributed by atoms with Crippen LogP contribution in [0.4, 0.5) is 0 Å². The van der Waals surface area contributed by atoms with E-state index < -0.39 is 0 Å². The van der Waals surface area contributed by atoms with Crippen LogP contribution in [0.15, 0.2) is 18.3 Å². The van der Waals surface area contributed by atoms with E-state index in [4.69, 9.17) is 4.74 Å². The Labute approximate surface area is 181 Å². The average Bonchev–Trinajstić information content (AvgIpc) is 3.49. The van der Waals surface area contributed by atoms with Gasteiger partial charge >= 0.3 is 0 Å². The molecule has 31 heavy (non-hydrogen) atoms. The molecular weight excluding hydrogens is 398 g/mol. The molecule has 0 unspecified atom stereocenters. The number of piperazine rings is 1. The summed E-state index contributed by atoms with van der Waals surface area (Å²) >= 11 is 0. The van der Waals surface area contributed by atoms with Crippen molar-refractivity contribution in [1.82, 2.24) is 25.0 Å². The van der Waals surface area contributed by atoms with E-state index in [0.29, 0.717) is 44.1 Å². The third-order valence-electron chi connectivity index (χ3n) is 6.85. The number of nitrogens with zero attached hydrogens (tertiary/aromatic N) is 4. The third kappa shape index (κ3) is 4.11. The number of amides is 3. The summed E-state index contributed by atoms with van der Waals surface area (Å²) in [5, 5.41) is 3.10. The predicted molar refractivity (Wildman–Crippen MR) is 111 cm³/mol. The molecular formula is C22H29N5O4. The maximum Gasteiger partial charge on any atom is 0.257 e. The minimum absolute atomic E-state index is 0.00703. The van der Waals surface area contributed by atoms with Crippen LogP contribution in [0.3, 0.4) is 0 Å².